The van der Waals surface area contributed by atoms with Gasteiger partial charge in [0.2, 0.25) is 0 Å². The number of rotatable bonds is 3. The number of Topliss-reactive ketones (excluding diaryl/α,β-unsaturated/α-hetero) is 1. The quantitative estimate of drug-likeness (QED) is 0.809. The molecule has 2 aliphatic rings. The molecule has 0 aromatic carbocycles. The molecule has 98 valence electrons. The average molecular weight is 238 g/mol. The van der Waals surface area contributed by atoms with Crippen molar-refractivity contribution in [3.8, 4) is 0 Å². The molecule has 3 nitrogen and oxygen atoms in total. The van der Waals surface area contributed by atoms with E-state index in [1.54, 1.807) is 0 Å². The molecule has 1 aliphatic heterocycles. The average Bonchev–Trinajstić information content (AvgIpc) is 2.34. The Bertz CT molecular complexity index is 261. The van der Waals surface area contributed by atoms with Crippen LogP contribution < -0.4 is 5.32 Å². The molecule has 17 heavy (non-hydrogen) atoms. The topological polar surface area (TPSA) is 32.3 Å². The summed E-state index contributed by atoms with van der Waals surface area (Å²) in [7, 11) is 0. The predicted octanol–water partition coefficient (Wildman–Crippen LogP) is 1.53. The highest BCUT2D eigenvalue weighted by Crippen LogP contribution is 2.33. The summed E-state index contributed by atoms with van der Waals surface area (Å²) in [6.45, 7) is 9.44. The molecule has 0 spiro atoms. The molecule has 2 fully saturated rings. The van der Waals surface area contributed by atoms with Crippen LogP contribution in [0.2, 0.25) is 0 Å². The number of nitrogens with one attached hydrogen (secondary N) is 1. The van der Waals surface area contributed by atoms with Crippen molar-refractivity contribution < 1.29 is 4.79 Å². The van der Waals surface area contributed by atoms with Crippen molar-refractivity contribution in [3.05, 3.63) is 0 Å². The van der Waals surface area contributed by atoms with Crippen molar-refractivity contribution in [1.82, 2.24) is 10.2 Å². The lowest BCUT2D eigenvalue weighted by Gasteiger charge is -2.33. The molecule has 0 amide bonds. The van der Waals surface area contributed by atoms with E-state index >= 15 is 0 Å². The van der Waals surface area contributed by atoms with Crippen molar-refractivity contribution in [2.24, 2.45) is 17.8 Å². The zero-order valence-electron chi connectivity index (χ0n) is 11.2. The third-order valence-corrected chi connectivity index (χ3v) is 4.64. The molecule has 1 heterocycles. The highest BCUT2D eigenvalue weighted by Gasteiger charge is 2.29. The van der Waals surface area contributed by atoms with Crippen LogP contribution in [0.5, 0.6) is 0 Å². The Balaban J connectivity index is 1.79. The minimum Gasteiger partial charge on any atom is -0.314 e. The minimum atomic E-state index is 0.344. The Morgan fingerprint density at radius 2 is 1.88 bits per heavy atom. The van der Waals surface area contributed by atoms with E-state index in [4.69, 9.17) is 0 Å². The smallest absolute Gasteiger partial charge is 0.149 e. The summed E-state index contributed by atoms with van der Waals surface area (Å²) in [6.07, 6.45) is 3.47. The number of carbonyl (C=O) groups is 1. The molecule has 2 rings (SSSR count). The molecule has 0 aromatic rings. The zero-order valence-corrected chi connectivity index (χ0v) is 11.2. The van der Waals surface area contributed by atoms with E-state index in [1.807, 2.05) is 0 Å². The maximum absolute atomic E-state index is 12.3. The normalized spacial score (nSPS) is 35.8. The Morgan fingerprint density at radius 1 is 1.18 bits per heavy atom. The Morgan fingerprint density at radius 3 is 2.53 bits per heavy atom. The second-order valence-corrected chi connectivity index (χ2v) is 5.96. The van der Waals surface area contributed by atoms with Gasteiger partial charge >= 0.3 is 0 Å². The number of ketones is 1. The third kappa shape index (κ3) is 3.52. The molecule has 0 bridgehead atoms. The predicted molar refractivity (Wildman–Crippen MR) is 70.0 cm³/mol. The van der Waals surface area contributed by atoms with Gasteiger partial charge in [-0.1, -0.05) is 13.8 Å². The molecule has 0 radical (unpaired) electrons. The molecular formula is C14H26N2O. The fraction of sp³-hybridized carbons (Fsp3) is 0.929. The highest BCUT2D eigenvalue weighted by molar-refractivity contribution is 5.83. The van der Waals surface area contributed by atoms with Gasteiger partial charge in [-0.2, -0.15) is 0 Å². The van der Waals surface area contributed by atoms with Gasteiger partial charge in [0.05, 0.1) is 6.54 Å². The van der Waals surface area contributed by atoms with Crippen molar-refractivity contribution in [2.75, 3.05) is 32.7 Å². The third-order valence-electron chi connectivity index (χ3n) is 4.64. The van der Waals surface area contributed by atoms with E-state index in [0.717, 1.165) is 50.9 Å². The number of piperazine rings is 1. The van der Waals surface area contributed by atoms with Crippen LogP contribution in [-0.2, 0) is 4.79 Å². The fourth-order valence-corrected chi connectivity index (χ4v) is 3.06. The van der Waals surface area contributed by atoms with E-state index in [2.05, 4.69) is 24.1 Å². The summed E-state index contributed by atoms with van der Waals surface area (Å²) in [4.78, 5) is 14.6. The Hall–Kier alpha value is -0.410. The van der Waals surface area contributed by atoms with Crippen LogP contribution in [0.4, 0.5) is 0 Å². The zero-order chi connectivity index (χ0) is 12.3. The van der Waals surface area contributed by atoms with Gasteiger partial charge in [-0.05, 0) is 31.1 Å². The van der Waals surface area contributed by atoms with Gasteiger partial charge in [-0.25, -0.2) is 0 Å². The Kier molecular flexibility index (Phi) is 4.57. The lowest BCUT2D eigenvalue weighted by molar-refractivity contribution is -0.125. The minimum absolute atomic E-state index is 0.344. The molecule has 0 aromatic heterocycles. The van der Waals surface area contributed by atoms with Gasteiger partial charge < -0.3 is 5.32 Å². The Labute approximate surface area is 105 Å². The summed E-state index contributed by atoms with van der Waals surface area (Å²) >= 11 is 0. The van der Waals surface area contributed by atoms with Crippen LogP contribution in [0.3, 0.4) is 0 Å². The summed E-state index contributed by atoms with van der Waals surface area (Å²) in [5, 5.41) is 3.33. The van der Waals surface area contributed by atoms with Crippen molar-refractivity contribution in [2.45, 2.75) is 33.1 Å². The lowest BCUT2D eigenvalue weighted by atomic mass is 9.74. The first-order valence-corrected chi connectivity index (χ1v) is 7.12. The van der Waals surface area contributed by atoms with Gasteiger partial charge in [-0.15, -0.1) is 0 Å². The van der Waals surface area contributed by atoms with Gasteiger partial charge in [0.25, 0.3) is 0 Å². The molecule has 3 heteroatoms. The molecular weight excluding hydrogens is 212 g/mol. The van der Waals surface area contributed by atoms with Crippen LogP contribution in [0.15, 0.2) is 0 Å². The van der Waals surface area contributed by atoms with Gasteiger partial charge in [-0.3, -0.25) is 9.69 Å². The fourth-order valence-electron chi connectivity index (χ4n) is 3.06. The first-order valence-electron chi connectivity index (χ1n) is 7.12. The molecule has 1 saturated carbocycles. The van der Waals surface area contributed by atoms with Crippen LogP contribution in [0.25, 0.3) is 0 Å². The number of nitrogens with zero attached hydrogens (tertiary/aromatic N) is 1. The van der Waals surface area contributed by atoms with Crippen molar-refractivity contribution in [1.29, 1.82) is 0 Å². The van der Waals surface area contributed by atoms with Crippen molar-refractivity contribution >= 4 is 5.78 Å². The van der Waals surface area contributed by atoms with Crippen LogP contribution in [-0.4, -0.2) is 43.4 Å². The second-order valence-electron chi connectivity index (χ2n) is 5.96. The van der Waals surface area contributed by atoms with Gasteiger partial charge in [0.1, 0.15) is 5.78 Å². The number of carbonyl (C=O) groups excluding carboxylic acids is 1. The maximum Gasteiger partial charge on any atom is 0.149 e. The van der Waals surface area contributed by atoms with E-state index in [-0.39, 0.29) is 0 Å². The standard InChI is InChI=1S/C14H26N2O/c1-11-3-4-13(9-12(11)2)14(17)10-16-7-5-15-6-8-16/h11-13,15H,3-10H2,1-2H3. The van der Waals surface area contributed by atoms with E-state index in [9.17, 15) is 4.79 Å². The molecule has 1 aliphatic carbocycles. The monoisotopic (exact) mass is 238 g/mol. The SMILES string of the molecule is CC1CCC(C(=O)CN2CCNCC2)CC1C. The van der Waals surface area contributed by atoms with Crippen molar-refractivity contribution in [3.63, 3.8) is 0 Å². The van der Waals surface area contributed by atoms with Crippen LogP contribution >= 0.6 is 0 Å². The van der Waals surface area contributed by atoms with Gasteiger partial charge in [0.15, 0.2) is 0 Å². The largest absolute Gasteiger partial charge is 0.314 e. The summed E-state index contributed by atoms with van der Waals surface area (Å²) < 4.78 is 0. The van der Waals surface area contributed by atoms with E-state index < -0.39 is 0 Å². The summed E-state index contributed by atoms with van der Waals surface area (Å²) in [6, 6.07) is 0. The summed E-state index contributed by atoms with van der Waals surface area (Å²) in [5.41, 5.74) is 0. The van der Waals surface area contributed by atoms with E-state index in [0.29, 0.717) is 18.2 Å². The van der Waals surface area contributed by atoms with Crippen LogP contribution in [0.1, 0.15) is 33.1 Å². The maximum atomic E-state index is 12.3. The second kappa shape index (κ2) is 5.96. The molecule has 1 saturated heterocycles. The van der Waals surface area contributed by atoms with E-state index in [1.165, 1.54) is 6.42 Å². The first-order chi connectivity index (χ1) is 8.16. The lowest BCUT2D eigenvalue weighted by Crippen LogP contribution is -2.46. The van der Waals surface area contributed by atoms with Gasteiger partial charge in [0, 0.05) is 32.1 Å². The number of hydrogen-bond acceptors (Lipinski definition) is 3. The number of hydrogen-bond donors (Lipinski definition) is 1. The summed E-state index contributed by atoms with van der Waals surface area (Å²) in [5.74, 6) is 2.36. The molecule has 3 unspecified atom stereocenters. The molecule has 3 atom stereocenters. The first kappa shape index (κ1) is 13.0. The highest BCUT2D eigenvalue weighted by atomic mass is 16.1. The molecule has 1 N–H and O–H groups in total. The van der Waals surface area contributed by atoms with Crippen LogP contribution in [0, 0.1) is 17.8 Å².